The molecule has 6 heteroatoms. The fourth-order valence-corrected chi connectivity index (χ4v) is 2.37. The van der Waals surface area contributed by atoms with Gasteiger partial charge in [0.1, 0.15) is 5.82 Å². The number of carbonyl (C=O) groups excluding carboxylic acids is 1. The van der Waals surface area contributed by atoms with Crippen LogP contribution in [0.5, 0.6) is 0 Å². The largest absolute Gasteiger partial charge is 0.325 e. The van der Waals surface area contributed by atoms with Crippen LogP contribution in [0, 0.1) is 0 Å². The number of nitrogens with zero attached hydrogens (tertiary/aromatic N) is 2. The topological polar surface area (TPSA) is 90.0 Å². The summed E-state index contributed by atoms with van der Waals surface area (Å²) in [6.07, 6.45) is 1.78. The maximum absolute atomic E-state index is 12.2. The molecule has 3 N–H and O–H groups in total. The number of hydrogen-bond donors (Lipinski definition) is 2. The highest BCUT2D eigenvalue weighted by atomic mass is 16.1. The second-order valence-corrected chi connectivity index (χ2v) is 4.57. The summed E-state index contributed by atoms with van der Waals surface area (Å²) in [7, 11) is 0. The van der Waals surface area contributed by atoms with E-state index in [9.17, 15) is 9.59 Å². The Morgan fingerprint density at radius 1 is 1.47 bits per heavy atom. The first kappa shape index (κ1) is 11.9. The molecule has 0 bridgehead atoms. The fourth-order valence-electron chi connectivity index (χ4n) is 2.37. The summed E-state index contributed by atoms with van der Waals surface area (Å²) in [6, 6.07) is 5.10. The Hall–Kier alpha value is -2.21. The molecule has 98 valence electrons. The summed E-state index contributed by atoms with van der Waals surface area (Å²) in [5.74, 6) is 0.553. The third-order valence-electron chi connectivity index (χ3n) is 3.29. The minimum absolute atomic E-state index is 0.00537. The highest BCUT2D eigenvalue weighted by molar-refractivity contribution is 5.94. The predicted molar refractivity (Wildman–Crippen MR) is 72.0 cm³/mol. The van der Waals surface area contributed by atoms with Gasteiger partial charge in [0.05, 0.1) is 17.4 Å². The van der Waals surface area contributed by atoms with Gasteiger partial charge in [-0.15, -0.1) is 0 Å². The van der Waals surface area contributed by atoms with E-state index in [2.05, 4.69) is 10.3 Å². The number of rotatable bonds is 2. The molecule has 6 nitrogen and oxygen atoms in total. The van der Waals surface area contributed by atoms with Crippen molar-refractivity contribution in [2.75, 3.05) is 11.9 Å². The summed E-state index contributed by atoms with van der Waals surface area (Å²) < 4.78 is 1.72. The van der Waals surface area contributed by atoms with Gasteiger partial charge in [0.25, 0.3) is 5.56 Å². The van der Waals surface area contributed by atoms with Crippen LogP contribution in [0.15, 0.2) is 23.0 Å². The van der Waals surface area contributed by atoms with Crippen molar-refractivity contribution in [3.05, 3.63) is 34.4 Å². The van der Waals surface area contributed by atoms with Gasteiger partial charge in [-0.25, -0.2) is 4.98 Å². The first-order valence-electron chi connectivity index (χ1n) is 6.22. The number of nitrogens with two attached hydrogens (primary N) is 1. The van der Waals surface area contributed by atoms with Crippen molar-refractivity contribution in [2.24, 2.45) is 5.73 Å². The van der Waals surface area contributed by atoms with Gasteiger partial charge in [0.15, 0.2) is 0 Å². The van der Waals surface area contributed by atoms with E-state index in [1.54, 1.807) is 22.8 Å². The van der Waals surface area contributed by atoms with E-state index in [-0.39, 0.29) is 18.0 Å². The molecule has 0 aliphatic carbocycles. The van der Waals surface area contributed by atoms with Crippen molar-refractivity contribution in [3.63, 3.8) is 0 Å². The molecule has 1 amide bonds. The predicted octanol–water partition coefficient (Wildman–Crippen LogP) is 0.240. The number of aromatic nitrogens is 2. The minimum Gasteiger partial charge on any atom is -0.325 e. The van der Waals surface area contributed by atoms with Gasteiger partial charge in [-0.2, -0.15) is 0 Å². The zero-order valence-electron chi connectivity index (χ0n) is 10.3. The zero-order chi connectivity index (χ0) is 13.4. The first-order chi connectivity index (χ1) is 9.19. The molecule has 1 aromatic carbocycles. The summed E-state index contributed by atoms with van der Waals surface area (Å²) in [6.45, 7) is 0.668. The van der Waals surface area contributed by atoms with E-state index in [1.807, 2.05) is 0 Å². The average Bonchev–Trinajstić information content (AvgIpc) is 2.87. The lowest BCUT2D eigenvalue weighted by atomic mass is 10.2. The van der Waals surface area contributed by atoms with Gasteiger partial charge in [-0.1, -0.05) is 0 Å². The monoisotopic (exact) mass is 258 g/mol. The first-order valence-corrected chi connectivity index (χ1v) is 6.22. The van der Waals surface area contributed by atoms with Gasteiger partial charge in [0.2, 0.25) is 5.91 Å². The summed E-state index contributed by atoms with van der Waals surface area (Å²) in [4.78, 5) is 28.0. The molecule has 1 aromatic heterocycles. The van der Waals surface area contributed by atoms with Crippen LogP contribution in [0.2, 0.25) is 0 Å². The van der Waals surface area contributed by atoms with Crippen molar-refractivity contribution < 1.29 is 4.79 Å². The van der Waals surface area contributed by atoms with Crippen LogP contribution in [0.1, 0.15) is 12.2 Å². The van der Waals surface area contributed by atoms with Crippen molar-refractivity contribution in [1.29, 1.82) is 0 Å². The molecular weight excluding hydrogens is 244 g/mol. The summed E-state index contributed by atoms with van der Waals surface area (Å²) >= 11 is 0. The lowest BCUT2D eigenvalue weighted by Gasteiger charge is -2.07. The molecule has 0 spiro atoms. The standard InChI is InChI=1S/C13H14N4O2/c14-7-12(18)15-8-3-4-9-10(6-8)16-11-2-1-5-17(11)13(9)19/h3-4,6H,1-2,5,7,14H2,(H,15,18). The average molecular weight is 258 g/mol. The molecule has 2 heterocycles. The van der Waals surface area contributed by atoms with Gasteiger partial charge < -0.3 is 11.1 Å². The van der Waals surface area contributed by atoms with E-state index < -0.39 is 0 Å². The zero-order valence-corrected chi connectivity index (χ0v) is 10.3. The Morgan fingerprint density at radius 3 is 3.11 bits per heavy atom. The van der Waals surface area contributed by atoms with Crippen LogP contribution < -0.4 is 16.6 Å². The number of benzene rings is 1. The number of carbonyl (C=O) groups is 1. The molecule has 0 unspecified atom stereocenters. The lowest BCUT2D eigenvalue weighted by molar-refractivity contribution is -0.114. The second-order valence-electron chi connectivity index (χ2n) is 4.57. The molecule has 0 saturated carbocycles. The Labute approximate surface area is 109 Å². The number of hydrogen-bond acceptors (Lipinski definition) is 4. The van der Waals surface area contributed by atoms with Gasteiger partial charge in [-0.05, 0) is 24.6 Å². The smallest absolute Gasteiger partial charge is 0.261 e. The van der Waals surface area contributed by atoms with Crippen LogP contribution in [-0.4, -0.2) is 22.0 Å². The highest BCUT2D eigenvalue weighted by Gasteiger charge is 2.16. The molecule has 0 radical (unpaired) electrons. The number of amides is 1. The maximum Gasteiger partial charge on any atom is 0.261 e. The molecule has 0 saturated heterocycles. The Morgan fingerprint density at radius 2 is 2.32 bits per heavy atom. The van der Waals surface area contributed by atoms with Gasteiger partial charge >= 0.3 is 0 Å². The normalized spacial score (nSPS) is 13.5. The van der Waals surface area contributed by atoms with E-state index in [0.29, 0.717) is 16.6 Å². The Kier molecular flexibility index (Phi) is 2.79. The molecule has 1 aliphatic rings. The molecular formula is C13H14N4O2. The molecule has 0 fully saturated rings. The molecule has 2 aromatic rings. The SMILES string of the molecule is NCC(=O)Nc1ccc2c(=O)n3c(nc2c1)CCC3. The van der Waals surface area contributed by atoms with Crippen LogP contribution >= 0.6 is 0 Å². The number of nitrogens with one attached hydrogen (secondary N) is 1. The molecule has 1 aliphatic heterocycles. The molecule has 19 heavy (non-hydrogen) atoms. The number of aryl methyl sites for hydroxylation is 1. The van der Waals surface area contributed by atoms with Crippen LogP contribution in [-0.2, 0) is 17.8 Å². The number of fused-ring (bicyclic) bond motifs is 2. The van der Waals surface area contributed by atoms with Crippen molar-refractivity contribution in [3.8, 4) is 0 Å². The lowest BCUT2D eigenvalue weighted by Crippen LogP contribution is -2.23. The molecule has 0 atom stereocenters. The van der Waals surface area contributed by atoms with E-state index >= 15 is 0 Å². The fraction of sp³-hybridized carbons (Fsp3) is 0.308. The maximum atomic E-state index is 12.2. The molecule has 3 rings (SSSR count). The van der Waals surface area contributed by atoms with E-state index in [1.165, 1.54) is 0 Å². The van der Waals surface area contributed by atoms with Gasteiger partial charge in [-0.3, -0.25) is 14.2 Å². The second kappa shape index (κ2) is 4.47. The quantitative estimate of drug-likeness (QED) is 0.807. The third-order valence-corrected chi connectivity index (χ3v) is 3.29. The van der Waals surface area contributed by atoms with Gasteiger partial charge in [0, 0.05) is 18.7 Å². The Balaban J connectivity index is 2.11. The van der Waals surface area contributed by atoms with Crippen molar-refractivity contribution in [1.82, 2.24) is 9.55 Å². The van der Waals surface area contributed by atoms with E-state index in [0.717, 1.165) is 25.2 Å². The van der Waals surface area contributed by atoms with Crippen molar-refractivity contribution in [2.45, 2.75) is 19.4 Å². The third kappa shape index (κ3) is 2.00. The van der Waals surface area contributed by atoms with Crippen LogP contribution in [0.3, 0.4) is 0 Å². The van der Waals surface area contributed by atoms with Crippen LogP contribution in [0.25, 0.3) is 10.9 Å². The minimum atomic E-state index is -0.266. The van der Waals surface area contributed by atoms with Crippen LogP contribution in [0.4, 0.5) is 5.69 Å². The number of anilines is 1. The van der Waals surface area contributed by atoms with E-state index in [4.69, 9.17) is 5.73 Å². The van der Waals surface area contributed by atoms with Crippen molar-refractivity contribution >= 4 is 22.5 Å². The Bertz CT molecular complexity index is 720. The summed E-state index contributed by atoms with van der Waals surface area (Å²) in [5.41, 5.74) is 6.47. The highest BCUT2D eigenvalue weighted by Crippen LogP contribution is 2.18. The summed E-state index contributed by atoms with van der Waals surface area (Å²) in [5, 5.41) is 3.24.